The maximum atomic E-state index is 12.5. The fourth-order valence-corrected chi connectivity index (χ4v) is 5.07. The molecule has 2 aliphatic rings. The van der Waals surface area contributed by atoms with Gasteiger partial charge in [-0.15, -0.1) is 10.2 Å². The molecule has 0 radical (unpaired) electrons. The lowest BCUT2D eigenvalue weighted by Gasteiger charge is -2.30. The van der Waals surface area contributed by atoms with Gasteiger partial charge in [-0.05, 0) is 19.1 Å². The average molecular weight is 388 g/mol. The SMILES string of the molecule is CSc1nnc(SCC(=O)NN2C(=O)NC3(CCCCC3)C2=O)s1. The molecular weight excluding hydrogens is 370 g/mol. The Balaban J connectivity index is 1.55. The molecule has 1 aromatic heterocycles. The highest BCUT2D eigenvalue weighted by atomic mass is 32.2. The first-order valence-electron chi connectivity index (χ1n) is 7.50. The number of carbonyl (C=O) groups is 3. The van der Waals surface area contributed by atoms with Crippen LogP contribution in [0.1, 0.15) is 32.1 Å². The monoisotopic (exact) mass is 387 g/mol. The molecule has 0 aromatic carbocycles. The minimum atomic E-state index is -0.831. The highest BCUT2D eigenvalue weighted by Gasteiger charge is 2.52. The second-order valence-corrected chi connectivity index (χ2v) is 8.83. The zero-order valence-electron chi connectivity index (χ0n) is 13.0. The van der Waals surface area contributed by atoms with Crippen LogP contribution in [0.5, 0.6) is 0 Å². The van der Waals surface area contributed by atoms with Crippen molar-refractivity contribution in [2.75, 3.05) is 12.0 Å². The lowest BCUT2D eigenvalue weighted by molar-refractivity contribution is -0.139. The van der Waals surface area contributed by atoms with Crippen molar-refractivity contribution in [2.24, 2.45) is 0 Å². The van der Waals surface area contributed by atoms with Crippen molar-refractivity contribution in [1.82, 2.24) is 25.9 Å². The predicted octanol–water partition coefficient (Wildman–Crippen LogP) is 1.64. The molecule has 4 amide bonds. The van der Waals surface area contributed by atoms with E-state index in [1.54, 1.807) is 0 Å². The van der Waals surface area contributed by atoms with E-state index in [1.165, 1.54) is 34.9 Å². The van der Waals surface area contributed by atoms with E-state index in [0.717, 1.165) is 28.6 Å². The molecule has 1 aromatic rings. The molecule has 1 saturated heterocycles. The maximum Gasteiger partial charge on any atom is 0.344 e. The summed E-state index contributed by atoms with van der Waals surface area (Å²) in [7, 11) is 0. The van der Waals surface area contributed by atoms with Gasteiger partial charge in [0.15, 0.2) is 8.68 Å². The van der Waals surface area contributed by atoms with Gasteiger partial charge >= 0.3 is 6.03 Å². The Morgan fingerprint density at radius 3 is 2.67 bits per heavy atom. The summed E-state index contributed by atoms with van der Waals surface area (Å²) in [6, 6.07) is -0.555. The van der Waals surface area contributed by atoms with Gasteiger partial charge in [0.2, 0.25) is 5.91 Å². The third kappa shape index (κ3) is 3.52. The molecule has 0 bridgehead atoms. The molecule has 2 fully saturated rings. The topological polar surface area (TPSA) is 104 Å². The average Bonchev–Trinajstić information content (AvgIpc) is 3.13. The zero-order valence-corrected chi connectivity index (χ0v) is 15.5. The molecule has 1 spiro atoms. The van der Waals surface area contributed by atoms with Gasteiger partial charge in [-0.1, -0.05) is 54.1 Å². The summed E-state index contributed by atoms with van der Waals surface area (Å²) >= 11 is 4.12. The van der Waals surface area contributed by atoms with Gasteiger partial charge in [-0.2, -0.15) is 5.01 Å². The smallest absolute Gasteiger partial charge is 0.322 e. The van der Waals surface area contributed by atoms with E-state index in [2.05, 4.69) is 20.9 Å². The Bertz CT molecular complexity index is 659. The molecule has 1 aliphatic carbocycles. The fourth-order valence-electron chi connectivity index (χ4n) is 2.84. The summed E-state index contributed by atoms with van der Waals surface area (Å²) < 4.78 is 1.50. The molecule has 8 nitrogen and oxygen atoms in total. The first-order valence-corrected chi connectivity index (χ1v) is 10.5. The van der Waals surface area contributed by atoms with Gasteiger partial charge in [-0.3, -0.25) is 15.0 Å². The number of thioether (sulfide) groups is 2. The molecule has 0 unspecified atom stereocenters. The summed E-state index contributed by atoms with van der Waals surface area (Å²) in [4.78, 5) is 36.7. The molecule has 1 aliphatic heterocycles. The van der Waals surface area contributed by atoms with Gasteiger partial charge in [0.1, 0.15) is 5.54 Å². The number of imide groups is 1. The van der Waals surface area contributed by atoms with Crippen LogP contribution in [-0.4, -0.2) is 50.6 Å². The van der Waals surface area contributed by atoms with E-state index in [-0.39, 0.29) is 11.7 Å². The van der Waals surface area contributed by atoms with Crippen molar-refractivity contribution >= 4 is 52.7 Å². The Labute approximate surface area is 151 Å². The Morgan fingerprint density at radius 1 is 1.29 bits per heavy atom. The number of nitrogens with zero attached hydrogens (tertiary/aromatic N) is 3. The number of aromatic nitrogens is 2. The third-order valence-electron chi connectivity index (χ3n) is 3.99. The molecule has 130 valence electrons. The van der Waals surface area contributed by atoms with E-state index < -0.39 is 17.5 Å². The van der Waals surface area contributed by atoms with Crippen molar-refractivity contribution in [3.05, 3.63) is 0 Å². The van der Waals surface area contributed by atoms with Crippen LogP contribution in [-0.2, 0) is 9.59 Å². The minimum Gasteiger partial charge on any atom is -0.322 e. The number of hydrazine groups is 1. The number of nitrogens with one attached hydrogen (secondary N) is 2. The van der Waals surface area contributed by atoms with Crippen molar-refractivity contribution in [3.63, 3.8) is 0 Å². The fraction of sp³-hybridized carbons (Fsp3) is 0.615. The predicted molar refractivity (Wildman–Crippen MR) is 91.8 cm³/mol. The van der Waals surface area contributed by atoms with Gasteiger partial charge < -0.3 is 5.32 Å². The van der Waals surface area contributed by atoms with Gasteiger partial charge in [0.05, 0.1) is 5.75 Å². The second kappa shape index (κ2) is 7.28. The van der Waals surface area contributed by atoms with Crippen LogP contribution in [0.15, 0.2) is 8.68 Å². The molecule has 24 heavy (non-hydrogen) atoms. The third-order valence-corrected chi connectivity index (χ3v) is 7.03. The van der Waals surface area contributed by atoms with Crippen molar-refractivity contribution in [2.45, 2.75) is 46.3 Å². The van der Waals surface area contributed by atoms with E-state index >= 15 is 0 Å². The summed E-state index contributed by atoms with van der Waals surface area (Å²) in [5.74, 6) is -0.712. The number of hydrogen-bond donors (Lipinski definition) is 2. The van der Waals surface area contributed by atoms with Crippen LogP contribution in [0.2, 0.25) is 0 Å². The quantitative estimate of drug-likeness (QED) is 0.584. The summed E-state index contributed by atoms with van der Waals surface area (Å²) in [6.45, 7) is 0. The standard InChI is InChI=1S/C13H17N5O3S3/c1-22-11-15-16-12(24-11)23-7-8(19)17-18-9(20)13(14-10(18)21)5-3-2-4-6-13/h2-7H2,1H3,(H,14,21)(H,17,19). The van der Waals surface area contributed by atoms with Crippen LogP contribution < -0.4 is 10.7 Å². The van der Waals surface area contributed by atoms with E-state index in [4.69, 9.17) is 0 Å². The van der Waals surface area contributed by atoms with Crippen LogP contribution >= 0.6 is 34.9 Å². The van der Waals surface area contributed by atoms with Crippen molar-refractivity contribution in [3.8, 4) is 0 Å². The van der Waals surface area contributed by atoms with Crippen LogP contribution in [0.25, 0.3) is 0 Å². The molecule has 2 N–H and O–H groups in total. The Hall–Kier alpha value is -1.33. The lowest BCUT2D eigenvalue weighted by Crippen LogP contribution is -2.51. The maximum absolute atomic E-state index is 12.5. The number of rotatable bonds is 5. The summed E-state index contributed by atoms with van der Waals surface area (Å²) in [6.07, 6.45) is 6.02. The van der Waals surface area contributed by atoms with Crippen LogP contribution in [0, 0.1) is 0 Å². The van der Waals surface area contributed by atoms with Crippen molar-refractivity contribution in [1.29, 1.82) is 0 Å². The highest BCUT2D eigenvalue weighted by Crippen LogP contribution is 2.33. The van der Waals surface area contributed by atoms with Gasteiger partial charge in [-0.25, -0.2) is 4.79 Å². The normalized spacial score (nSPS) is 19.6. The largest absolute Gasteiger partial charge is 0.344 e. The zero-order chi connectivity index (χ0) is 17.2. The second-order valence-electron chi connectivity index (χ2n) is 5.58. The molecular formula is C13H17N5O3S3. The number of amides is 4. The van der Waals surface area contributed by atoms with Crippen LogP contribution in [0.3, 0.4) is 0 Å². The number of hydrogen-bond acceptors (Lipinski definition) is 8. The van der Waals surface area contributed by atoms with Crippen molar-refractivity contribution < 1.29 is 14.4 Å². The first kappa shape index (κ1) is 17.5. The van der Waals surface area contributed by atoms with E-state index in [1.807, 2.05) is 6.26 Å². The first-order chi connectivity index (χ1) is 11.5. The molecule has 3 rings (SSSR count). The van der Waals surface area contributed by atoms with Crippen LogP contribution in [0.4, 0.5) is 4.79 Å². The molecule has 1 saturated carbocycles. The molecule has 11 heteroatoms. The Kier molecular flexibility index (Phi) is 5.30. The summed E-state index contributed by atoms with van der Waals surface area (Å²) in [5, 5.41) is 11.5. The van der Waals surface area contributed by atoms with E-state index in [9.17, 15) is 14.4 Å². The highest BCUT2D eigenvalue weighted by molar-refractivity contribution is 8.03. The number of carbonyl (C=O) groups excluding carboxylic acids is 3. The Morgan fingerprint density at radius 2 is 2.00 bits per heavy atom. The molecule has 0 atom stereocenters. The minimum absolute atomic E-state index is 0.0626. The summed E-state index contributed by atoms with van der Waals surface area (Å²) in [5.41, 5.74) is 1.57. The van der Waals surface area contributed by atoms with E-state index in [0.29, 0.717) is 17.2 Å². The van der Waals surface area contributed by atoms with Gasteiger partial charge in [0.25, 0.3) is 5.91 Å². The number of urea groups is 1. The van der Waals surface area contributed by atoms with Gasteiger partial charge in [0, 0.05) is 0 Å². The molecule has 2 heterocycles. The lowest BCUT2D eigenvalue weighted by atomic mass is 9.82.